The van der Waals surface area contributed by atoms with Gasteiger partial charge in [-0.3, -0.25) is 19.8 Å². The van der Waals surface area contributed by atoms with Gasteiger partial charge in [-0.05, 0) is 116 Å². The summed E-state index contributed by atoms with van der Waals surface area (Å²) in [7, 11) is 1.63. The van der Waals surface area contributed by atoms with E-state index in [1.54, 1.807) is 55.8 Å². The van der Waals surface area contributed by atoms with Gasteiger partial charge in [-0.15, -0.1) is 0 Å². The summed E-state index contributed by atoms with van der Waals surface area (Å²) in [6, 6.07) is 22.7. The molecule has 5 aliphatic rings. The smallest absolute Gasteiger partial charge is 0.409 e. The lowest BCUT2D eigenvalue weighted by molar-refractivity contribution is -0.271. The van der Waals surface area contributed by atoms with Crippen molar-refractivity contribution in [3.8, 4) is 33.9 Å². The Morgan fingerprint density at radius 1 is 0.835 bits per heavy atom. The van der Waals surface area contributed by atoms with Crippen molar-refractivity contribution in [1.82, 2.24) is 29.6 Å². The number of hydrogen-bond acceptors (Lipinski definition) is 19. The van der Waals surface area contributed by atoms with Crippen molar-refractivity contribution in [3.05, 3.63) is 114 Å². The Balaban J connectivity index is 0.745. The van der Waals surface area contributed by atoms with Crippen LogP contribution in [0.3, 0.4) is 0 Å². The largest absolute Gasteiger partial charge is 0.491 e. The highest BCUT2D eigenvalue weighted by Crippen LogP contribution is 2.72. The molecule has 8 N–H and O–H groups in total. The third-order valence-corrected chi connectivity index (χ3v) is 17.7. The SMILES string of the molecule is Cc1c(-c2ccc(-c3cnc4cccc(C(=O)Nc5nc6ccccc6s5)c4c3)nc2C(=O)O)cnn1CC12CC3(C)CC(C)(C1)CC(OCCN(C)C(=O)OCc1ccc(O[C@@H]4O[C@H](C(=O)O)[C@@H](O)[C@H](O)[C@H]4O)cc1OCCOCCN)(C3)C2. The number of thiazole rings is 1. The number of aromatic carboxylic acids is 1. The first-order valence-electron chi connectivity index (χ1n) is 28.1. The molecular formula is C61H68N8O15S. The topological polar surface area (TPSA) is 323 Å². The quantitative estimate of drug-likeness (QED) is 0.0334. The Morgan fingerprint density at radius 3 is 2.36 bits per heavy atom. The summed E-state index contributed by atoms with van der Waals surface area (Å²) >= 11 is 1.38. The number of aliphatic hydroxyl groups excluding tert-OH is 3. The number of likely N-dealkylation sites (N-methyl/N-ethyl adjacent to an activating group) is 1. The van der Waals surface area contributed by atoms with Crippen molar-refractivity contribution in [2.24, 2.45) is 22.0 Å². The number of aliphatic carboxylic acids is 1. The molecule has 85 heavy (non-hydrogen) atoms. The molecule has 1 saturated heterocycles. The van der Waals surface area contributed by atoms with Crippen molar-refractivity contribution in [3.63, 3.8) is 0 Å². The van der Waals surface area contributed by atoms with Crippen LogP contribution in [0.15, 0.2) is 91.3 Å². The normalized spacial score (nSPS) is 25.9. The van der Waals surface area contributed by atoms with Gasteiger partial charge in [-0.25, -0.2) is 24.4 Å². The van der Waals surface area contributed by atoms with Crippen LogP contribution in [0.25, 0.3) is 43.5 Å². The Labute approximate surface area is 492 Å². The number of carbonyl (C=O) groups excluding carboxylic acids is 2. The first kappa shape index (κ1) is 59.1. The maximum atomic E-state index is 13.7. The summed E-state index contributed by atoms with van der Waals surface area (Å²) in [5.41, 5.74) is 9.72. The molecule has 4 saturated carbocycles. The number of pyridine rings is 2. The van der Waals surface area contributed by atoms with Crippen LogP contribution in [-0.4, -0.2) is 162 Å². The molecule has 0 spiro atoms. The van der Waals surface area contributed by atoms with Gasteiger partial charge in [0.25, 0.3) is 5.91 Å². The lowest BCUT2D eigenvalue weighted by Gasteiger charge is -2.69. The Morgan fingerprint density at radius 2 is 1.61 bits per heavy atom. The number of nitrogens with one attached hydrogen (secondary N) is 1. The fraction of sp³-hybridized carbons (Fsp3) is 0.443. The van der Waals surface area contributed by atoms with E-state index in [1.165, 1.54) is 28.4 Å². The second-order valence-corrected chi connectivity index (χ2v) is 24.8. The summed E-state index contributed by atoms with van der Waals surface area (Å²) in [5, 5.41) is 60.0. The van der Waals surface area contributed by atoms with Gasteiger partial charge in [-0.2, -0.15) is 5.10 Å². The number of hydrogen-bond donors (Lipinski definition) is 7. The van der Waals surface area contributed by atoms with Crippen LogP contribution in [0.1, 0.15) is 84.5 Å². The van der Waals surface area contributed by atoms with E-state index in [9.17, 15) is 44.7 Å². The van der Waals surface area contributed by atoms with Gasteiger partial charge in [0.1, 0.15) is 43.0 Å². The number of para-hydroxylation sites is 1. The zero-order valence-electron chi connectivity index (χ0n) is 47.4. The number of carbonyl (C=O) groups is 4. The van der Waals surface area contributed by atoms with E-state index in [-0.39, 0.29) is 72.3 Å². The maximum Gasteiger partial charge on any atom is 0.409 e. The predicted molar refractivity (Wildman–Crippen MR) is 310 cm³/mol. The van der Waals surface area contributed by atoms with Crippen LogP contribution < -0.4 is 20.5 Å². The van der Waals surface area contributed by atoms with Gasteiger partial charge >= 0.3 is 18.0 Å². The molecule has 24 heteroatoms. The number of nitrogens with zero attached hydrogens (tertiary/aromatic N) is 6. The molecule has 2 unspecified atom stereocenters. The lowest BCUT2D eigenvalue weighted by atomic mass is 9.39. The number of carboxylic acids is 2. The van der Waals surface area contributed by atoms with Gasteiger partial charge in [0.15, 0.2) is 16.9 Å². The van der Waals surface area contributed by atoms with E-state index >= 15 is 0 Å². The number of amides is 2. The van der Waals surface area contributed by atoms with E-state index < -0.39 is 54.3 Å². The maximum absolute atomic E-state index is 13.7. The molecule has 4 aliphatic carbocycles. The van der Waals surface area contributed by atoms with Crippen LogP contribution in [0.4, 0.5) is 9.93 Å². The van der Waals surface area contributed by atoms with Crippen LogP contribution in [-0.2, 0) is 36.9 Å². The highest BCUT2D eigenvalue weighted by Gasteiger charge is 2.66. The van der Waals surface area contributed by atoms with Gasteiger partial charge in [-0.1, -0.05) is 43.4 Å². The fourth-order valence-electron chi connectivity index (χ4n) is 14.2. The average Bonchev–Trinajstić information content (AvgIpc) is 0.856. The summed E-state index contributed by atoms with van der Waals surface area (Å²) in [4.78, 5) is 67.3. The monoisotopic (exact) mass is 1180 g/mol. The second kappa shape index (κ2) is 23.6. The zero-order chi connectivity index (χ0) is 60.0. The Hall–Kier alpha value is -7.68. The van der Waals surface area contributed by atoms with Crippen molar-refractivity contribution < 1.29 is 73.1 Å². The summed E-state index contributed by atoms with van der Waals surface area (Å²) in [5.74, 6) is -2.83. The number of rotatable bonds is 22. The average molecular weight is 1190 g/mol. The van der Waals surface area contributed by atoms with Crippen LogP contribution in [0.2, 0.25) is 0 Å². The number of aromatic nitrogens is 5. The molecule has 7 aromatic rings. The Kier molecular flexibility index (Phi) is 16.4. The molecule has 1 aliphatic heterocycles. The number of carboxylic acid groups (broad SMARTS) is 2. The standard InChI is InChI=1S/C61H68N8O15S/c1-34-41(38-14-15-42(65-47(38)53(74)75)36-22-40-39(8-7-10-43(40)63-24-36)52(73)67-56-66-44-9-5-6-11-46(44)85-56)25-64-69(34)33-60-28-58(2)27-59(3,29-60)31-61(30-58,32-60)82-19-17-68(4)57(78)81-26-35-12-13-37(23-45(35)80-21-20-79-18-16-62)83-55-50(72)48(70)49(71)51(84-55)54(76)77/h5-15,22-25,48-51,55,70-72H,16-21,26-33,62H2,1-4H3,(H,74,75)(H,76,77)(H,66,67,73)/t48-,49-,50+,51-,55+,58?,59?,60?,61?/m0/s1. The van der Waals surface area contributed by atoms with E-state index in [0.29, 0.717) is 69.2 Å². The zero-order valence-corrected chi connectivity index (χ0v) is 48.3. The number of benzene rings is 3. The summed E-state index contributed by atoms with van der Waals surface area (Å²) in [6.07, 6.45) is -0.826. The predicted octanol–water partition coefficient (Wildman–Crippen LogP) is 7.06. The van der Waals surface area contributed by atoms with Crippen molar-refractivity contribution in [1.29, 1.82) is 0 Å². The van der Waals surface area contributed by atoms with E-state index in [1.807, 2.05) is 41.9 Å². The number of nitrogens with two attached hydrogens (primary N) is 1. The van der Waals surface area contributed by atoms with Crippen molar-refractivity contribution >= 4 is 61.5 Å². The molecule has 5 heterocycles. The van der Waals surface area contributed by atoms with E-state index in [4.69, 9.17) is 44.2 Å². The van der Waals surface area contributed by atoms with Gasteiger partial charge < -0.3 is 64.6 Å². The lowest BCUT2D eigenvalue weighted by Crippen LogP contribution is -2.64. The Bertz CT molecular complexity index is 3640. The molecule has 448 valence electrons. The molecule has 12 rings (SSSR count). The number of ether oxygens (including phenoxy) is 6. The fourth-order valence-corrected chi connectivity index (χ4v) is 15.1. The number of anilines is 1. The molecule has 3 aromatic carbocycles. The second-order valence-electron chi connectivity index (χ2n) is 23.8. The minimum Gasteiger partial charge on any atom is -0.491 e. The molecule has 2 amide bonds. The first-order chi connectivity index (χ1) is 40.6. The molecule has 4 aromatic heterocycles. The molecule has 5 fully saturated rings. The molecular weight excluding hydrogens is 1120 g/mol. The summed E-state index contributed by atoms with van der Waals surface area (Å²) < 4.78 is 38.1. The highest BCUT2D eigenvalue weighted by atomic mass is 32.1. The van der Waals surface area contributed by atoms with Crippen LogP contribution >= 0.6 is 11.3 Å². The van der Waals surface area contributed by atoms with E-state index in [2.05, 4.69) is 29.1 Å². The molecule has 23 nitrogen and oxygen atoms in total. The van der Waals surface area contributed by atoms with Gasteiger partial charge in [0, 0.05) is 77.8 Å². The van der Waals surface area contributed by atoms with Crippen LogP contribution in [0.5, 0.6) is 11.5 Å². The van der Waals surface area contributed by atoms with Crippen LogP contribution in [0, 0.1) is 23.2 Å². The van der Waals surface area contributed by atoms with E-state index in [0.717, 1.165) is 54.4 Å². The van der Waals surface area contributed by atoms with Crippen molar-refractivity contribution in [2.45, 2.75) is 109 Å². The third-order valence-electron chi connectivity index (χ3n) is 16.8. The van der Waals surface area contributed by atoms with Gasteiger partial charge in [0.2, 0.25) is 6.29 Å². The van der Waals surface area contributed by atoms with Gasteiger partial charge in [0.05, 0.1) is 53.0 Å². The molecule has 0 radical (unpaired) electrons. The molecule has 7 atom stereocenters. The minimum atomic E-state index is -1.89. The summed E-state index contributed by atoms with van der Waals surface area (Å²) in [6.45, 7) is 8.39. The number of fused-ring (bicyclic) bond motifs is 2. The number of aliphatic hydroxyl groups is 3. The molecule has 4 bridgehead atoms. The van der Waals surface area contributed by atoms with Crippen molar-refractivity contribution in [2.75, 3.05) is 51.9 Å². The first-order valence-corrected chi connectivity index (χ1v) is 28.9. The third kappa shape index (κ3) is 12.3. The minimum absolute atomic E-state index is 0.0160. The highest BCUT2D eigenvalue weighted by molar-refractivity contribution is 7.22.